The average molecular weight is 141 g/mol. The van der Waals surface area contributed by atoms with Crippen LogP contribution < -0.4 is 5.73 Å². The lowest BCUT2D eigenvalue weighted by atomic mass is 9.95. The van der Waals surface area contributed by atoms with Crippen molar-refractivity contribution in [1.29, 1.82) is 0 Å². The number of rotatable bonds is 3. The van der Waals surface area contributed by atoms with Crippen LogP contribution in [0, 0.1) is 11.3 Å². The summed E-state index contributed by atoms with van der Waals surface area (Å²) in [6.07, 6.45) is 3.51. The molecule has 1 aliphatic carbocycles. The second kappa shape index (κ2) is 2.26. The van der Waals surface area contributed by atoms with Crippen molar-refractivity contribution in [1.82, 2.24) is 0 Å². The summed E-state index contributed by atoms with van der Waals surface area (Å²) in [5, 5.41) is 0. The highest BCUT2D eigenvalue weighted by Crippen LogP contribution is 2.49. The summed E-state index contributed by atoms with van der Waals surface area (Å²) in [4.78, 5) is 10.6. The van der Waals surface area contributed by atoms with Crippen LogP contribution >= 0.6 is 0 Å². The fraction of sp³-hybridized carbons (Fsp3) is 0.875. The Hall–Kier alpha value is -0.530. The van der Waals surface area contributed by atoms with Crippen molar-refractivity contribution in [2.75, 3.05) is 0 Å². The van der Waals surface area contributed by atoms with Gasteiger partial charge in [0.1, 0.15) is 0 Å². The molecule has 1 rings (SSSR count). The molecule has 2 N–H and O–H groups in total. The van der Waals surface area contributed by atoms with Gasteiger partial charge in [-0.05, 0) is 24.7 Å². The molecule has 0 aromatic rings. The maximum absolute atomic E-state index is 10.6. The number of primary amides is 1. The summed E-state index contributed by atoms with van der Waals surface area (Å²) in [6.45, 7) is 4.12. The standard InChI is InChI=1S/C8H15NO/c1-6(7(9)10)5-8(2)3-4-8/h6H,3-5H2,1-2H3,(H2,9,10). The van der Waals surface area contributed by atoms with Crippen molar-refractivity contribution in [3.63, 3.8) is 0 Å². The molecule has 10 heavy (non-hydrogen) atoms. The van der Waals surface area contributed by atoms with Crippen LogP contribution in [0.1, 0.15) is 33.1 Å². The first kappa shape index (κ1) is 7.58. The Kier molecular flexibility index (Phi) is 1.71. The van der Waals surface area contributed by atoms with Gasteiger partial charge in [0.15, 0.2) is 0 Å². The highest BCUT2D eigenvalue weighted by molar-refractivity contribution is 5.76. The molecule has 1 fully saturated rings. The van der Waals surface area contributed by atoms with Gasteiger partial charge < -0.3 is 5.73 Å². The third-order valence-corrected chi connectivity index (χ3v) is 2.39. The van der Waals surface area contributed by atoms with Gasteiger partial charge in [-0.25, -0.2) is 0 Å². The van der Waals surface area contributed by atoms with Crippen LogP contribution in [0.3, 0.4) is 0 Å². The zero-order chi connectivity index (χ0) is 7.78. The average Bonchev–Trinajstić information content (AvgIpc) is 2.47. The third-order valence-electron chi connectivity index (χ3n) is 2.39. The normalized spacial score (nSPS) is 23.8. The first-order valence-corrected chi connectivity index (χ1v) is 3.83. The summed E-state index contributed by atoms with van der Waals surface area (Å²) < 4.78 is 0. The predicted octanol–water partition coefficient (Wildman–Crippen LogP) is 1.30. The molecule has 58 valence electrons. The first-order chi connectivity index (χ1) is 4.53. The molecule has 0 bridgehead atoms. The largest absolute Gasteiger partial charge is 0.369 e. The van der Waals surface area contributed by atoms with Gasteiger partial charge in [-0.15, -0.1) is 0 Å². The van der Waals surface area contributed by atoms with Crippen molar-refractivity contribution >= 4 is 5.91 Å². The van der Waals surface area contributed by atoms with Gasteiger partial charge in [0, 0.05) is 5.92 Å². The summed E-state index contributed by atoms with van der Waals surface area (Å²) in [6, 6.07) is 0. The van der Waals surface area contributed by atoms with Gasteiger partial charge in [-0.3, -0.25) is 4.79 Å². The smallest absolute Gasteiger partial charge is 0.220 e. The first-order valence-electron chi connectivity index (χ1n) is 3.83. The summed E-state index contributed by atoms with van der Waals surface area (Å²) >= 11 is 0. The Morgan fingerprint density at radius 2 is 2.20 bits per heavy atom. The highest BCUT2D eigenvalue weighted by Gasteiger charge is 2.39. The Labute approximate surface area is 61.8 Å². The van der Waals surface area contributed by atoms with Gasteiger partial charge in [-0.2, -0.15) is 0 Å². The zero-order valence-electron chi connectivity index (χ0n) is 6.68. The Morgan fingerprint density at radius 1 is 1.70 bits per heavy atom. The third kappa shape index (κ3) is 1.72. The van der Waals surface area contributed by atoms with Crippen LogP contribution in [0.2, 0.25) is 0 Å². The van der Waals surface area contributed by atoms with Gasteiger partial charge in [-0.1, -0.05) is 13.8 Å². The van der Waals surface area contributed by atoms with Gasteiger partial charge >= 0.3 is 0 Å². The van der Waals surface area contributed by atoms with E-state index in [1.165, 1.54) is 12.8 Å². The monoisotopic (exact) mass is 141 g/mol. The van der Waals surface area contributed by atoms with Crippen LogP contribution in [0.15, 0.2) is 0 Å². The van der Waals surface area contributed by atoms with Crippen molar-refractivity contribution in [3.8, 4) is 0 Å². The topological polar surface area (TPSA) is 43.1 Å². The van der Waals surface area contributed by atoms with Gasteiger partial charge in [0.2, 0.25) is 5.91 Å². The van der Waals surface area contributed by atoms with E-state index in [1.807, 2.05) is 6.92 Å². The van der Waals surface area contributed by atoms with E-state index in [4.69, 9.17) is 5.73 Å². The molecule has 0 spiro atoms. The Bertz CT molecular complexity index is 149. The van der Waals surface area contributed by atoms with E-state index in [2.05, 4.69) is 6.92 Å². The lowest BCUT2D eigenvalue weighted by Gasteiger charge is -2.11. The molecule has 1 unspecified atom stereocenters. The van der Waals surface area contributed by atoms with Gasteiger partial charge in [0.25, 0.3) is 0 Å². The van der Waals surface area contributed by atoms with E-state index in [9.17, 15) is 4.79 Å². The summed E-state index contributed by atoms with van der Waals surface area (Å²) in [7, 11) is 0. The molecule has 0 aliphatic heterocycles. The number of carbonyl (C=O) groups excluding carboxylic acids is 1. The van der Waals surface area contributed by atoms with E-state index < -0.39 is 0 Å². The molecule has 0 radical (unpaired) electrons. The Morgan fingerprint density at radius 3 is 2.50 bits per heavy atom. The molecular formula is C8H15NO. The van der Waals surface area contributed by atoms with E-state index >= 15 is 0 Å². The second-order valence-corrected chi connectivity index (χ2v) is 3.82. The van der Waals surface area contributed by atoms with Crippen LogP contribution in [0.5, 0.6) is 0 Å². The van der Waals surface area contributed by atoms with Gasteiger partial charge in [0.05, 0.1) is 0 Å². The van der Waals surface area contributed by atoms with Crippen molar-refractivity contribution in [2.45, 2.75) is 33.1 Å². The second-order valence-electron chi connectivity index (χ2n) is 3.82. The fourth-order valence-electron chi connectivity index (χ4n) is 1.26. The number of carbonyl (C=O) groups is 1. The van der Waals surface area contributed by atoms with E-state index in [0.29, 0.717) is 5.41 Å². The minimum atomic E-state index is -0.159. The number of hydrogen-bond donors (Lipinski definition) is 1. The van der Waals surface area contributed by atoms with Crippen LogP contribution in [-0.4, -0.2) is 5.91 Å². The number of amides is 1. The predicted molar refractivity (Wildman–Crippen MR) is 40.3 cm³/mol. The minimum absolute atomic E-state index is 0.0625. The Balaban J connectivity index is 2.31. The molecule has 0 aromatic heterocycles. The van der Waals surface area contributed by atoms with Crippen LogP contribution in [0.4, 0.5) is 0 Å². The van der Waals surface area contributed by atoms with Crippen molar-refractivity contribution in [2.24, 2.45) is 17.1 Å². The molecule has 2 heteroatoms. The lowest BCUT2D eigenvalue weighted by Crippen LogP contribution is -2.22. The highest BCUT2D eigenvalue weighted by atomic mass is 16.1. The maximum Gasteiger partial charge on any atom is 0.220 e. The number of nitrogens with two attached hydrogens (primary N) is 1. The zero-order valence-corrected chi connectivity index (χ0v) is 6.68. The quantitative estimate of drug-likeness (QED) is 0.632. The van der Waals surface area contributed by atoms with Crippen molar-refractivity contribution < 1.29 is 4.79 Å². The van der Waals surface area contributed by atoms with E-state index in [-0.39, 0.29) is 11.8 Å². The van der Waals surface area contributed by atoms with Crippen LogP contribution in [0.25, 0.3) is 0 Å². The molecular weight excluding hydrogens is 126 g/mol. The molecule has 2 nitrogen and oxygen atoms in total. The molecule has 0 saturated heterocycles. The molecule has 1 saturated carbocycles. The van der Waals surface area contributed by atoms with Crippen molar-refractivity contribution in [3.05, 3.63) is 0 Å². The molecule has 1 atom stereocenters. The molecule has 0 aromatic carbocycles. The molecule has 1 amide bonds. The van der Waals surface area contributed by atoms with Crippen LogP contribution in [-0.2, 0) is 4.79 Å². The van der Waals surface area contributed by atoms with E-state index in [0.717, 1.165) is 6.42 Å². The summed E-state index contributed by atoms with van der Waals surface area (Å²) in [5.74, 6) is -0.0966. The number of hydrogen-bond acceptors (Lipinski definition) is 1. The lowest BCUT2D eigenvalue weighted by molar-refractivity contribution is -0.121. The molecule has 0 heterocycles. The SMILES string of the molecule is CC(CC1(C)CC1)C(N)=O. The maximum atomic E-state index is 10.6. The van der Waals surface area contributed by atoms with E-state index in [1.54, 1.807) is 0 Å². The fourth-order valence-corrected chi connectivity index (χ4v) is 1.26. The molecule has 1 aliphatic rings. The summed E-state index contributed by atoms with van der Waals surface area (Å²) in [5.41, 5.74) is 5.58. The minimum Gasteiger partial charge on any atom is -0.369 e.